The molecule has 0 saturated carbocycles. The van der Waals surface area contributed by atoms with Gasteiger partial charge in [-0.15, -0.1) is 0 Å². The van der Waals surface area contributed by atoms with Crippen LogP contribution in [0, 0.1) is 5.82 Å². The first-order valence-electron chi connectivity index (χ1n) is 11.0. The third-order valence-electron chi connectivity index (χ3n) is 5.03. The Balaban J connectivity index is 2.24. The molecule has 33 heavy (non-hydrogen) atoms. The molecule has 0 aliphatic rings. The zero-order chi connectivity index (χ0) is 24.2. The Morgan fingerprint density at radius 2 is 1.97 bits per heavy atom. The first-order valence-corrected chi connectivity index (χ1v) is 11.3. The Hall–Kier alpha value is -3.05. The average Bonchev–Trinajstić information content (AvgIpc) is 2.82. The van der Waals surface area contributed by atoms with Crippen molar-refractivity contribution in [2.45, 2.75) is 46.4 Å². The van der Waals surface area contributed by atoms with Crippen LogP contribution in [0.2, 0.25) is 0 Å². The van der Waals surface area contributed by atoms with Gasteiger partial charge in [-0.25, -0.2) is 4.39 Å². The summed E-state index contributed by atoms with van der Waals surface area (Å²) in [5, 5.41) is 0.381. The van der Waals surface area contributed by atoms with Crippen molar-refractivity contribution in [3.05, 3.63) is 95.0 Å². The summed E-state index contributed by atoms with van der Waals surface area (Å²) < 4.78 is 26.4. The molecule has 1 unspecified atom stereocenters. The number of hydrogen-bond donors (Lipinski definition) is 0. The van der Waals surface area contributed by atoms with E-state index in [1.54, 1.807) is 24.3 Å². The molecule has 6 heteroatoms. The summed E-state index contributed by atoms with van der Waals surface area (Å²) in [5.74, 6) is 0.872. The third-order valence-corrected chi connectivity index (χ3v) is 5.15. The fraction of sp³-hybridized carbons (Fsp3) is 0.296. The predicted molar refractivity (Wildman–Crippen MR) is 133 cm³/mol. The number of benzene rings is 2. The summed E-state index contributed by atoms with van der Waals surface area (Å²) >= 11 is 5.78. The van der Waals surface area contributed by atoms with Crippen molar-refractivity contribution in [1.29, 1.82) is 0 Å². The maximum absolute atomic E-state index is 14.8. The van der Waals surface area contributed by atoms with E-state index < -0.39 is 6.10 Å². The van der Waals surface area contributed by atoms with E-state index in [0.717, 1.165) is 17.5 Å². The maximum Gasteiger partial charge on any atom is 0.160 e. The second kappa shape index (κ2) is 13.5. The van der Waals surface area contributed by atoms with Crippen molar-refractivity contribution in [2.24, 2.45) is 0 Å². The van der Waals surface area contributed by atoms with Crippen molar-refractivity contribution in [1.82, 2.24) is 0 Å². The fourth-order valence-corrected chi connectivity index (χ4v) is 3.29. The Bertz CT molecular complexity index is 1000. The summed E-state index contributed by atoms with van der Waals surface area (Å²) in [5.41, 5.74) is 2.21. The Morgan fingerprint density at radius 3 is 2.61 bits per heavy atom. The van der Waals surface area contributed by atoms with Gasteiger partial charge in [0.2, 0.25) is 0 Å². The lowest BCUT2D eigenvalue weighted by Crippen LogP contribution is -2.24. The van der Waals surface area contributed by atoms with Gasteiger partial charge < -0.3 is 14.4 Å². The van der Waals surface area contributed by atoms with Crippen molar-refractivity contribution in [3.8, 4) is 5.75 Å². The SMILES string of the molecule is C=C(Cl)/C=C\C(=CC)OCc1c(F)cccc1N(CC)Cc1cccc(OC(C=O)CC)c1. The molecule has 2 rings (SSSR count). The molecular weight excluding hydrogens is 441 g/mol. The molecule has 0 N–H and O–H groups in total. The van der Waals surface area contributed by atoms with Crippen molar-refractivity contribution < 1.29 is 18.7 Å². The molecule has 0 heterocycles. The molecule has 0 saturated heterocycles. The van der Waals surface area contributed by atoms with Gasteiger partial charge in [0.1, 0.15) is 23.9 Å². The van der Waals surface area contributed by atoms with E-state index in [9.17, 15) is 9.18 Å². The standard InChI is InChI=1S/C27H31ClFNO3/c1-5-22(15-14-20(4)28)32-19-25-26(29)12-9-13-27(25)30(7-3)17-21-10-8-11-24(16-21)33-23(6-2)18-31/h5,8-16,18,23H,4,6-7,17,19H2,1-3H3/b15-14-,22-5?. The first-order chi connectivity index (χ1) is 15.9. The molecule has 0 spiro atoms. The van der Waals surface area contributed by atoms with Crippen LogP contribution >= 0.6 is 11.6 Å². The molecule has 0 aliphatic heterocycles. The second-order valence-corrected chi connectivity index (χ2v) is 7.85. The molecule has 4 nitrogen and oxygen atoms in total. The Morgan fingerprint density at radius 1 is 1.21 bits per heavy atom. The summed E-state index contributed by atoms with van der Waals surface area (Å²) in [7, 11) is 0. The molecule has 0 bridgehead atoms. The molecule has 2 aromatic rings. The number of nitrogens with zero attached hydrogens (tertiary/aromatic N) is 1. The highest BCUT2D eigenvalue weighted by Crippen LogP contribution is 2.27. The van der Waals surface area contributed by atoms with Crippen LogP contribution in [-0.4, -0.2) is 18.9 Å². The molecular formula is C27H31ClFNO3. The van der Waals surface area contributed by atoms with E-state index in [0.29, 0.717) is 41.6 Å². The largest absolute Gasteiger partial charge is 0.489 e. The monoisotopic (exact) mass is 471 g/mol. The summed E-state index contributed by atoms with van der Waals surface area (Å²) in [4.78, 5) is 13.2. The van der Waals surface area contributed by atoms with Gasteiger partial charge >= 0.3 is 0 Å². The van der Waals surface area contributed by atoms with Gasteiger partial charge in [0, 0.05) is 29.4 Å². The van der Waals surface area contributed by atoms with Crippen LogP contribution in [0.25, 0.3) is 0 Å². The van der Waals surface area contributed by atoms with Crippen molar-refractivity contribution in [3.63, 3.8) is 0 Å². The van der Waals surface area contributed by atoms with Crippen LogP contribution in [0.4, 0.5) is 10.1 Å². The lowest BCUT2D eigenvalue weighted by molar-refractivity contribution is -0.113. The van der Waals surface area contributed by atoms with Crippen LogP contribution in [0.1, 0.15) is 38.3 Å². The van der Waals surface area contributed by atoms with E-state index in [4.69, 9.17) is 21.1 Å². The number of carbonyl (C=O) groups is 1. The Kier molecular flexibility index (Phi) is 10.7. The molecule has 176 valence electrons. The highest BCUT2D eigenvalue weighted by molar-refractivity contribution is 6.30. The predicted octanol–water partition coefficient (Wildman–Crippen LogP) is 6.94. The minimum absolute atomic E-state index is 0.0674. The van der Waals surface area contributed by atoms with Gasteiger partial charge in [0.15, 0.2) is 12.4 Å². The number of carbonyl (C=O) groups excluding carboxylic acids is 1. The smallest absolute Gasteiger partial charge is 0.160 e. The molecule has 0 radical (unpaired) electrons. The van der Waals surface area contributed by atoms with E-state index in [2.05, 4.69) is 11.5 Å². The zero-order valence-electron chi connectivity index (χ0n) is 19.4. The molecule has 0 amide bonds. The number of halogens is 2. The van der Waals surface area contributed by atoms with Gasteiger partial charge in [-0.2, -0.15) is 0 Å². The number of anilines is 1. The lowest BCUT2D eigenvalue weighted by Gasteiger charge is -2.26. The number of rotatable bonds is 13. The van der Waals surface area contributed by atoms with Gasteiger partial charge in [0.05, 0.1) is 0 Å². The van der Waals surface area contributed by atoms with Gasteiger partial charge in [-0.3, -0.25) is 4.79 Å². The first kappa shape index (κ1) is 26.2. The van der Waals surface area contributed by atoms with Crippen molar-refractivity contribution in [2.75, 3.05) is 11.4 Å². The maximum atomic E-state index is 14.8. The highest BCUT2D eigenvalue weighted by atomic mass is 35.5. The summed E-state index contributed by atoms with van der Waals surface area (Å²) in [6.45, 7) is 10.6. The molecule has 0 aromatic heterocycles. The van der Waals surface area contributed by atoms with Crippen molar-refractivity contribution >= 4 is 23.6 Å². The van der Waals surface area contributed by atoms with E-state index in [1.165, 1.54) is 6.07 Å². The van der Waals surface area contributed by atoms with Crippen LogP contribution in [0.3, 0.4) is 0 Å². The Labute approximate surface area is 201 Å². The number of allylic oxidation sites excluding steroid dienone is 4. The fourth-order valence-electron chi connectivity index (χ4n) is 3.23. The number of hydrogen-bond acceptors (Lipinski definition) is 4. The van der Waals surface area contributed by atoms with Gasteiger partial charge in [-0.05, 0) is 68.3 Å². The van der Waals surface area contributed by atoms with Gasteiger partial charge in [0.25, 0.3) is 0 Å². The molecule has 0 fully saturated rings. The van der Waals surface area contributed by atoms with E-state index >= 15 is 0 Å². The highest BCUT2D eigenvalue weighted by Gasteiger charge is 2.16. The average molecular weight is 472 g/mol. The number of aldehydes is 1. The van der Waals surface area contributed by atoms with Gasteiger partial charge in [-0.1, -0.05) is 43.3 Å². The van der Waals surface area contributed by atoms with Crippen LogP contribution in [0.5, 0.6) is 5.75 Å². The second-order valence-electron chi connectivity index (χ2n) is 7.36. The minimum Gasteiger partial charge on any atom is -0.489 e. The van der Waals surface area contributed by atoms with Crippen LogP contribution < -0.4 is 9.64 Å². The van der Waals surface area contributed by atoms with E-state index in [1.807, 2.05) is 51.1 Å². The minimum atomic E-state index is -0.472. The molecule has 2 aromatic carbocycles. The molecule has 0 aliphatic carbocycles. The summed E-state index contributed by atoms with van der Waals surface area (Å²) in [6.07, 6.45) is 6.04. The number of ether oxygens (including phenoxy) is 2. The van der Waals surface area contributed by atoms with E-state index in [-0.39, 0.29) is 12.4 Å². The third kappa shape index (κ3) is 8.10. The quantitative estimate of drug-likeness (QED) is 0.180. The lowest BCUT2D eigenvalue weighted by atomic mass is 10.1. The van der Waals surface area contributed by atoms with Crippen LogP contribution in [-0.2, 0) is 22.7 Å². The molecule has 1 atom stereocenters. The zero-order valence-corrected chi connectivity index (χ0v) is 20.1. The topological polar surface area (TPSA) is 38.8 Å². The normalized spacial score (nSPS) is 12.5. The summed E-state index contributed by atoms with van der Waals surface area (Å²) in [6, 6.07) is 12.6. The van der Waals surface area contributed by atoms with Crippen LogP contribution in [0.15, 0.2) is 78.1 Å².